The van der Waals surface area contributed by atoms with Crippen molar-refractivity contribution in [3.8, 4) is 0 Å². The third-order valence-corrected chi connectivity index (χ3v) is 3.39. The molecule has 0 unspecified atom stereocenters. The van der Waals surface area contributed by atoms with E-state index >= 15 is 0 Å². The molecule has 100 valence electrons. The summed E-state index contributed by atoms with van der Waals surface area (Å²) < 4.78 is 8.27. The fraction of sp³-hybridized carbons (Fsp3) is 0.692. The maximum absolute atomic E-state index is 12.1. The molecule has 0 amide bonds. The predicted octanol–water partition coefficient (Wildman–Crippen LogP) is 0.847. The molecule has 0 spiro atoms. The van der Waals surface area contributed by atoms with Crippen LogP contribution in [0.2, 0.25) is 0 Å². The minimum atomic E-state index is -0.196. The molecule has 18 heavy (non-hydrogen) atoms. The Morgan fingerprint density at radius 2 is 2.06 bits per heavy atom. The number of aryl methyl sites for hydroxylation is 1. The van der Waals surface area contributed by atoms with Crippen LogP contribution in [-0.2, 0) is 17.8 Å². The summed E-state index contributed by atoms with van der Waals surface area (Å²) in [5.74, 6) is 0.377. The van der Waals surface area contributed by atoms with Crippen molar-refractivity contribution >= 4 is 0 Å². The molecule has 2 heterocycles. The van der Waals surface area contributed by atoms with Crippen molar-refractivity contribution in [1.29, 1.82) is 0 Å². The second-order valence-electron chi connectivity index (χ2n) is 4.80. The predicted molar refractivity (Wildman–Crippen MR) is 68.8 cm³/mol. The zero-order valence-corrected chi connectivity index (χ0v) is 10.8. The Hall–Kier alpha value is -1.36. The van der Waals surface area contributed by atoms with Crippen molar-refractivity contribution in [3.63, 3.8) is 0 Å². The van der Waals surface area contributed by atoms with E-state index in [0.29, 0.717) is 19.0 Å². The summed E-state index contributed by atoms with van der Waals surface area (Å²) >= 11 is 0. The van der Waals surface area contributed by atoms with Gasteiger partial charge < -0.3 is 9.30 Å². The van der Waals surface area contributed by atoms with Gasteiger partial charge >= 0.3 is 5.69 Å². The molecule has 5 nitrogen and oxygen atoms in total. The molecule has 0 N–H and O–H groups in total. The van der Waals surface area contributed by atoms with Crippen LogP contribution in [0.1, 0.15) is 26.2 Å². The molecule has 0 radical (unpaired) electrons. The number of hydrogen-bond acceptors (Lipinski definition) is 3. The Labute approximate surface area is 106 Å². The molecule has 0 saturated carbocycles. The molecule has 0 aromatic carbocycles. The lowest BCUT2D eigenvalue weighted by atomic mass is 10.0. The van der Waals surface area contributed by atoms with Crippen molar-refractivity contribution in [1.82, 2.24) is 9.13 Å². The van der Waals surface area contributed by atoms with E-state index in [0.717, 1.165) is 32.5 Å². The van der Waals surface area contributed by atoms with Crippen LogP contribution < -0.4 is 11.2 Å². The number of ether oxygens (including phenoxy) is 1. The molecule has 1 aliphatic rings. The molecular formula is C13H20N2O3. The van der Waals surface area contributed by atoms with E-state index in [1.165, 1.54) is 10.6 Å². The third-order valence-electron chi connectivity index (χ3n) is 3.39. The lowest BCUT2D eigenvalue weighted by molar-refractivity contribution is 0.0604. The summed E-state index contributed by atoms with van der Waals surface area (Å²) in [6.07, 6.45) is 4.33. The van der Waals surface area contributed by atoms with E-state index in [2.05, 4.69) is 0 Å². The van der Waals surface area contributed by atoms with Crippen LogP contribution in [0, 0.1) is 5.92 Å². The highest BCUT2D eigenvalue weighted by Gasteiger charge is 2.16. The standard InChI is InChI=1S/C13H20N2O3/c1-2-6-14-7-3-12(16)15(13(14)17)10-11-4-8-18-9-5-11/h3,7,11H,2,4-6,8-10H2,1H3. The van der Waals surface area contributed by atoms with Crippen molar-refractivity contribution in [2.24, 2.45) is 5.92 Å². The van der Waals surface area contributed by atoms with Gasteiger partial charge in [0.15, 0.2) is 0 Å². The molecule has 1 aromatic heterocycles. The zero-order valence-electron chi connectivity index (χ0n) is 10.8. The SMILES string of the molecule is CCCn1ccc(=O)n(CC2CCOCC2)c1=O. The minimum absolute atomic E-state index is 0.184. The first-order valence-corrected chi connectivity index (χ1v) is 6.60. The highest BCUT2D eigenvalue weighted by molar-refractivity contribution is 4.87. The van der Waals surface area contributed by atoms with E-state index in [9.17, 15) is 9.59 Å². The van der Waals surface area contributed by atoms with Gasteiger partial charge in [0.05, 0.1) is 0 Å². The first-order valence-electron chi connectivity index (χ1n) is 6.60. The molecule has 1 aliphatic heterocycles. The summed E-state index contributed by atoms with van der Waals surface area (Å²) in [7, 11) is 0. The van der Waals surface area contributed by atoms with Gasteiger partial charge in [0, 0.05) is 38.6 Å². The van der Waals surface area contributed by atoms with Gasteiger partial charge in [-0.2, -0.15) is 0 Å². The lowest BCUT2D eigenvalue weighted by Gasteiger charge is -2.22. The van der Waals surface area contributed by atoms with Gasteiger partial charge in [-0.15, -0.1) is 0 Å². The number of rotatable bonds is 4. The maximum Gasteiger partial charge on any atom is 0.330 e. The lowest BCUT2D eigenvalue weighted by Crippen LogP contribution is -2.41. The van der Waals surface area contributed by atoms with Crippen molar-refractivity contribution in [2.75, 3.05) is 13.2 Å². The van der Waals surface area contributed by atoms with Gasteiger partial charge in [-0.1, -0.05) is 6.92 Å². The molecule has 1 aromatic rings. The third kappa shape index (κ3) is 2.90. The number of aromatic nitrogens is 2. The Morgan fingerprint density at radius 1 is 1.33 bits per heavy atom. The van der Waals surface area contributed by atoms with Crippen molar-refractivity contribution in [2.45, 2.75) is 39.3 Å². The zero-order chi connectivity index (χ0) is 13.0. The fourth-order valence-electron chi connectivity index (χ4n) is 2.32. The molecular weight excluding hydrogens is 232 g/mol. The van der Waals surface area contributed by atoms with E-state index < -0.39 is 0 Å². The molecule has 1 saturated heterocycles. The molecule has 0 atom stereocenters. The van der Waals surface area contributed by atoms with Gasteiger partial charge in [-0.05, 0) is 25.2 Å². The van der Waals surface area contributed by atoms with Crippen molar-refractivity contribution < 1.29 is 4.74 Å². The Morgan fingerprint density at radius 3 is 2.72 bits per heavy atom. The van der Waals surface area contributed by atoms with Crippen LogP contribution in [-0.4, -0.2) is 22.3 Å². The van der Waals surface area contributed by atoms with E-state index in [1.807, 2.05) is 6.92 Å². The fourth-order valence-corrected chi connectivity index (χ4v) is 2.32. The molecule has 2 rings (SSSR count). The maximum atomic E-state index is 12.1. The van der Waals surface area contributed by atoms with E-state index in [4.69, 9.17) is 4.74 Å². The van der Waals surface area contributed by atoms with Gasteiger partial charge in [-0.3, -0.25) is 9.36 Å². The van der Waals surface area contributed by atoms with E-state index in [1.54, 1.807) is 10.8 Å². The summed E-state index contributed by atoms with van der Waals surface area (Å²) in [6.45, 7) is 4.66. The minimum Gasteiger partial charge on any atom is -0.381 e. The monoisotopic (exact) mass is 252 g/mol. The van der Waals surface area contributed by atoms with Gasteiger partial charge in [0.2, 0.25) is 0 Å². The molecule has 1 fully saturated rings. The van der Waals surface area contributed by atoms with Gasteiger partial charge in [0.1, 0.15) is 0 Å². The summed E-state index contributed by atoms with van der Waals surface area (Å²) in [5, 5.41) is 0. The van der Waals surface area contributed by atoms with Crippen LogP contribution in [0.5, 0.6) is 0 Å². The van der Waals surface area contributed by atoms with Gasteiger partial charge in [-0.25, -0.2) is 4.79 Å². The van der Waals surface area contributed by atoms with E-state index in [-0.39, 0.29) is 11.2 Å². The molecule has 0 aliphatic carbocycles. The average molecular weight is 252 g/mol. The highest BCUT2D eigenvalue weighted by Crippen LogP contribution is 2.15. The van der Waals surface area contributed by atoms with Gasteiger partial charge in [0.25, 0.3) is 5.56 Å². The Kier molecular flexibility index (Phi) is 4.36. The second-order valence-corrected chi connectivity index (χ2v) is 4.80. The smallest absolute Gasteiger partial charge is 0.330 e. The van der Waals surface area contributed by atoms with Crippen LogP contribution in [0.25, 0.3) is 0 Å². The van der Waals surface area contributed by atoms with Crippen molar-refractivity contribution in [3.05, 3.63) is 33.1 Å². The first-order chi connectivity index (χ1) is 8.72. The highest BCUT2D eigenvalue weighted by atomic mass is 16.5. The molecule has 0 bridgehead atoms. The van der Waals surface area contributed by atoms with Crippen LogP contribution >= 0.6 is 0 Å². The summed E-state index contributed by atoms with van der Waals surface area (Å²) in [4.78, 5) is 23.9. The molecule has 5 heteroatoms. The quantitative estimate of drug-likeness (QED) is 0.798. The van der Waals surface area contributed by atoms with Crippen LogP contribution in [0.15, 0.2) is 21.9 Å². The largest absolute Gasteiger partial charge is 0.381 e. The summed E-state index contributed by atoms with van der Waals surface area (Å²) in [6, 6.07) is 1.48. The second kappa shape index (κ2) is 6.00. The summed E-state index contributed by atoms with van der Waals surface area (Å²) in [5.41, 5.74) is -0.380. The first kappa shape index (κ1) is 13.1. The normalized spacial score (nSPS) is 16.9. The number of hydrogen-bond donors (Lipinski definition) is 0. The Balaban J connectivity index is 2.22. The van der Waals surface area contributed by atoms with Crippen LogP contribution in [0.3, 0.4) is 0 Å². The van der Waals surface area contributed by atoms with Crippen LogP contribution in [0.4, 0.5) is 0 Å². The Bertz CT molecular complexity index is 498. The average Bonchev–Trinajstić information content (AvgIpc) is 2.39. The number of nitrogens with zero attached hydrogens (tertiary/aromatic N) is 2. The topological polar surface area (TPSA) is 53.2 Å².